The van der Waals surface area contributed by atoms with E-state index in [4.69, 9.17) is 4.74 Å². The first-order valence-electron chi connectivity index (χ1n) is 9.89. The monoisotopic (exact) mass is 400 g/mol. The topological polar surface area (TPSA) is 58.6 Å². The Bertz CT molecular complexity index is 1110. The predicted molar refractivity (Wildman–Crippen MR) is 116 cm³/mol. The molecular weight excluding hydrogens is 376 g/mol. The van der Waals surface area contributed by atoms with Crippen molar-refractivity contribution in [2.45, 2.75) is 19.5 Å². The van der Waals surface area contributed by atoms with Crippen LogP contribution in [-0.2, 0) is 6.54 Å². The Morgan fingerprint density at radius 1 is 1.03 bits per heavy atom. The van der Waals surface area contributed by atoms with E-state index in [1.165, 1.54) is 0 Å². The molecule has 3 aromatic rings. The van der Waals surface area contributed by atoms with Crippen molar-refractivity contribution in [3.05, 3.63) is 100 Å². The number of ether oxygens (including phenoxy) is 1. The average molecular weight is 400 g/mol. The Morgan fingerprint density at radius 3 is 2.43 bits per heavy atom. The van der Waals surface area contributed by atoms with Crippen LogP contribution in [0.3, 0.4) is 0 Å². The standard InChI is InChI=1S/C25H24N2O3/c1-16-6-4-5-7-20(16)23-21-13-10-18(24(28)26-2)14-22(21)25(29)27(23)15-17-8-11-19(30-3)12-9-17/h4-14,23H,15H2,1-3H3,(H,26,28). The molecule has 152 valence electrons. The van der Waals surface area contributed by atoms with Crippen molar-refractivity contribution in [3.63, 3.8) is 0 Å². The van der Waals surface area contributed by atoms with E-state index in [1.807, 2.05) is 47.4 Å². The molecule has 5 nitrogen and oxygen atoms in total. The number of amides is 2. The molecule has 4 rings (SSSR count). The number of carbonyl (C=O) groups excluding carboxylic acids is 2. The van der Waals surface area contributed by atoms with Crippen LogP contribution >= 0.6 is 0 Å². The molecular formula is C25H24N2O3. The van der Waals surface area contributed by atoms with Gasteiger partial charge in [-0.2, -0.15) is 0 Å². The van der Waals surface area contributed by atoms with Crippen molar-refractivity contribution in [1.29, 1.82) is 0 Å². The van der Waals surface area contributed by atoms with Crippen LogP contribution in [0.4, 0.5) is 0 Å². The van der Waals surface area contributed by atoms with Crippen LogP contribution in [0.5, 0.6) is 5.75 Å². The highest BCUT2D eigenvalue weighted by Crippen LogP contribution is 2.41. The number of benzene rings is 3. The lowest BCUT2D eigenvalue weighted by Gasteiger charge is -2.27. The van der Waals surface area contributed by atoms with Gasteiger partial charge in [0.05, 0.1) is 13.2 Å². The van der Waals surface area contributed by atoms with Gasteiger partial charge in [0, 0.05) is 24.7 Å². The second-order valence-electron chi connectivity index (χ2n) is 7.42. The smallest absolute Gasteiger partial charge is 0.255 e. The average Bonchev–Trinajstić information content (AvgIpc) is 3.05. The van der Waals surface area contributed by atoms with Crippen molar-refractivity contribution in [2.75, 3.05) is 14.2 Å². The molecule has 0 bridgehead atoms. The summed E-state index contributed by atoms with van der Waals surface area (Å²) in [5, 5.41) is 2.63. The van der Waals surface area contributed by atoms with Gasteiger partial charge in [0.1, 0.15) is 5.75 Å². The fraction of sp³-hybridized carbons (Fsp3) is 0.200. The molecule has 1 unspecified atom stereocenters. The van der Waals surface area contributed by atoms with Gasteiger partial charge >= 0.3 is 0 Å². The highest BCUT2D eigenvalue weighted by molar-refractivity contribution is 6.03. The van der Waals surface area contributed by atoms with Gasteiger partial charge in [0.2, 0.25) is 0 Å². The van der Waals surface area contributed by atoms with Crippen molar-refractivity contribution >= 4 is 11.8 Å². The number of hydrogen-bond acceptors (Lipinski definition) is 3. The fourth-order valence-electron chi connectivity index (χ4n) is 4.03. The Morgan fingerprint density at radius 2 is 1.77 bits per heavy atom. The lowest BCUT2D eigenvalue weighted by molar-refractivity contribution is 0.0735. The SMILES string of the molecule is CNC(=O)c1ccc2c(c1)C(=O)N(Cc1ccc(OC)cc1)C2c1ccccc1C. The van der Waals surface area contributed by atoms with Gasteiger partial charge in [0.25, 0.3) is 11.8 Å². The number of fused-ring (bicyclic) bond motifs is 1. The van der Waals surface area contributed by atoms with Crippen LogP contribution < -0.4 is 10.1 Å². The Balaban J connectivity index is 1.79. The maximum Gasteiger partial charge on any atom is 0.255 e. The summed E-state index contributed by atoms with van der Waals surface area (Å²) in [6, 6.07) is 21.1. The second kappa shape index (κ2) is 8.03. The van der Waals surface area contributed by atoms with Crippen LogP contribution in [0, 0.1) is 6.92 Å². The van der Waals surface area contributed by atoms with E-state index in [0.717, 1.165) is 28.0 Å². The number of nitrogens with one attached hydrogen (secondary N) is 1. The summed E-state index contributed by atoms with van der Waals surface area (Å²) < 4.78 is 5.24. The van der Waals surface area contributed by atoms with E-state index < -0.39 is 0 Å². The third-order valence-corrected chi connectivity index (χ3v) is 5.64. The van der Waals surface area contributed by atoms with E-state index in [1.54, 1.807) is 26.3 Å². The molecule has 30 heavy (non-hydrogen) atoms. The van der Waals surface area contributed by atoms with E-state index in [9.17, 15) is 9.59 Å². The summed E-state index contributed by atoms with van der Waals surface area (Å²) in [6.45, 7) is 2.52. The second-order valence-corrected chi connectivity index (χ2v) is 7.42. The highest BCUT2D eigenvalue weighted by atomic mass is 16.5. The Labute approximate surface area is 176 Å². The maximum absolute atomic E-state index is 13.5. The molecule has 0 aromatic heterocycles. The van der Waals surface area contributed by atoms with Crippen molar-refractivity contribution < 1.29 is 14.3 Å². The fourth-order valence-corrected chi connectivity index (χ4v) is 4.03. The minimum Gasteiger partial charge on any atom is -0.497 e. The summed E-state index contributed by atoms with van der Waals surface area (Å²) in [4.78, 5) is 27.4. The minimum atomic E-state index is -0.202. The molecule has 0 fully saturated rings. The van der Waals surface area contributed by atoms with Gasteiger partial charge in [0.15, 0.2) is 0 Å². The number of rotatable bonds is 5. The molecule has 0 saturated heterocycles. The third-order valence-electron chi connectivity index (χ3n) is 5.64. The normalized spacial score (nSPS) is 15.1. The van der Waals surface area contributed by atoms with Gasteiger partial charge in [-0.15, -0.1) is 0 Å². The van der Waals surface area contributed by atoms with Crippen molar-refractivity contribution in [3.8, 4) is 5.75 Å². The zero-order valence-corrected chi connectivity index (χ0v) is 17.3. The molecule has 5 heteroatoms. The van der Waals surface area contributed by atoms with Gasteiger partial charge in [-0.3, -0.25) is 9.59 Å². The van der Waals surface area contributed by atoms with Crippen LogP contribution in [0.25, 0.3) is 0 Å². The van der Waals surface area contributed by atoms with Crippen molar-refractivity contribution in [2.24, 2.45) is 0 Å². The number of methoxy groups -OCH3 is 1. The number of nitrogens with zero attached hydrogens (tertiary/aromatic N) is 1. The van der Waals surface area contributed by atoms with E-state index in [0.29, 0.717) is 17.7 Å². The molecule has 3 aromatic carbocycles. The molecule has 0 saturated carbocycles. The first-order valence-corrected chi connectivity index (χ1v) is 9.89. The molecule has 1 N–H and O–H groups in total. The number of hydrogen-bond donors (Lipinski definition) is 1. The molecule has 0 radical (unpaired) electrons. The molecule has 0 spiro atoms. The highest BCUT2D eigenvalue weighted by Gasteiger charge is 2.38. The van der Waals surface area contributed by atoms with Crippen LogP contribution in [0.2, 0.25) is 0 Å². The van der Waals surface area contributed by atoms with Crippen LogP contribution in [0.15, 0.2) is 66.7 Å². The first-order chi connectivity index (χ1) is 14.5. The van der Waals surface area contributed by atoms with E-state index >= 15 is 0 Å². The summed E-state index contributed by atoms with van der Waals surface area (Å²) in [7, 11) is 3.22. The van der Waals surface area contributed by atoms with E-state index in [-0.39, 0.29) is 17.9 Å². The quantitative estimate of drug-likeness (QED) is 0.701. The van der Waals surface area contributed by atoms with Crippen LogP contribution in [0.1, 0.15) is 49.0 Å². The molecule has 0 aliphatic carbocycles. The molecule has 1 atom stereocenters. The summed E-state index contributed by atoms with van der Waals surface area (Å²) in [5.41, 5.74) is 5.22. The lowest BCUT2D eigenvalue weighted by atomic mass is 9.93. The van der Waals surface area contributed by atoms with Gasteiger partial charge in [-0.25, -0.2) is 0 Å². The summed E-state index contributed by atoms with van der Waals surface area (Å²) >= 11 is 0. The molecule has 1 heterocycles. The molecule has 2 amide bonds. The summed E-state index contributed by atoms with van der Waals surface area (Å²) in [6.07, 6.45) is 0. The molecule has 1 aliphatic rings. The van der Waals surface area contributed by atoms with E-state index in [2.05, 4.69) is 24.4 Å². The summed E-state index contributed by atoms with van der Waals surface area (Å²) in [5.74, 6) is 0.506. The van der Waals surface area contributed by atoms with Crippen molar-refractivity contribution in [1.82, 2.24) is 10.2 Å². The lowest BCUT2D eigenvalue weighted by Crippen LogP contribution is -2.28. The number of carbonyl (C=O) groups is 2. The third kappa shape index (κ3) is 3.43. The van der Waals surface area contributed by atoms with Gasteiger partial charge in [-0.1, -0.05) is 42.5 Å². The molecule has 1 aliphatic heterocycles. The Hall–Kier alpha value is -3.60. The largest absolute Gasteiger partial charge is 0.497 e. The zero-order valence-electron chi connectivity index (χ0n) is 17.3. The Kier molecular flexibility index (Phi) is 5.27. The minimum absolute atomic E-state index is 0.0696. The predicted octanol–water partition coefficient (Wildman–Crippen LogP) is 4.11. The maximum atomic E-state index is 13.5. The van der Waals surface area contributed by atoms with Gasteiger partial charge < -0.3 is 15.0 Å². The van der Waals surface area contributed by atoms with Crippen LogP contribution in [-0.4, -0.2) is 30.9 Å². The van der Waals surface area contributed by atoms with Gasteiger partial charge in [-0.05, 0) is 53.4 Å². The number of aryl methyl sites for hydroxylation is 1. The zero-order chi connectivity index (χ0) is 21.3. The first kappa shape index (κ1) is 19.7.